The van der Waals surface area contributed by atoms with Gasteiger partial charge in [0.1, 0.15) is 0 Å². The van der Waals surface area contributed by atoms with Crippen LogP contribution < -0.4 is 16.4 Å². The summed E-state index contributed by atoms with van der Waals surface area (Å²) in [6.45, 7) is 4.04. The molecule has 0 bridgehead atoms. The number of rotatable bonds is 6. The molecule has 4 N–H and O–H groups in total. The van der Waals surface area contributed by atoms with Crippen LogP contribution >= 0.6 is 0 Å². The van der Waals surface area contributed by atoms with Gasteiger partial charge in [0.05, 0.1) is 6.04 Å². The second kappa shape index (κ2) is 8.64. The molecular weight excluding hydrogens is 294 g/mol. The fourth-order valence-electron chi connectivity index (χ4n) is 2.58. The SMILES string of the molecule is Cc1ccc(C(=O)NCCNC(=O)C(N)C2CCOCC2)cc1. The molecule has 6 heteroatoms. The summed E-state index contributed by atoms with van der Waals surface area (Å²) in [6.07, 6.45) is 1.64. The quantitative estimate of drug-likeness (QED) is 0.669. The summed E-state index contributed by atoms with van der Waals surface area (Å²) in [6, 6.07) is 6.84. The molecule has 1 unspecified atom stereocenters. The van der Waals surface area contributed by atoms with Crippen LogP contribution in [0.3, 0.4) is 0 Å². The summed E-state index contributed by atoms with van der Waals surface area (Å²) in [5, 5.41) is 5.55. The Morgan fingerprint density at radius 3 is 2.43 bits per heavy atom. The Bertz CT molecular complexity index is 524. The predicted octanol–water partition coefficient (Wildman–Crippen LogP) is 0.595. The monoisotopic (exact) mass is 319 g/mol. The Labute approximate surface area is 136 Å². The first-order valence-electron chi connectivity index (χ1n) is 8.04. The molecule has 1 fully saturated rings. The van der Waals surface area contributed by atoms with E-state index in [0.29, 0.717) is 31.9 Å². The van der Waals surface area contributed by atoms with Crippen molar-refractivity contribution in [1.82, 2.24) is 10.6 Å². The van der Waals surface area contributed by atoms with Gasteiger partial charge in [0.25, 0.3) is 5.91 Å². The number of nitrogens with two attached hydrogens (primary N) is 1. The van der Waals surface area contributed by atoms with E-state index in [2.05, 4.69) is 10.6 Å². The fraction of sp³-hybridized carbons (Fsp3) is 0.529. The molecule has 0 saturated carbocycles. The predicted molar refractivity (Wildman–Crippen MR) is 88.0 cm³/mol. The Balaban J connectivity index is 1.67. The Morgan fingerprint density at radius 1 is 1.17 bits per heavy atom. The third-order valence-corrected chi connectivity index (χ3v) is 4.10. The van der Waals surface area contributed by atoms with Crippen molar-refractivity contribution in [2.45, 2.75) is 25.8 Å². The van der Waals surface area contributed by atoms with E-state index in [4.69, 9.17) is 10.5 Å². The molecule has 1 saturated heterocycles. The molecule has 2 rings (SSSR count). The van der Waals surface area contributed by atoms with Crippen molar-refractivity contribution in [1.29, 1.82) is 0 Å². The average Bonchev–Trinajstić information content (AvgIpc) is 2.59. The Hall–Kier alpha value is -1.92. The van der Waals surface area contributed by atoms with E-state index in [9.17, 15) is 9.59 Å². The van der Waals surface area contributed by atoms with Crippen molar-refractivity contribution in [3.8, 4) is 0 Å². The number of amides is 2. The fourth-order valence-corrected chi connectivity index (χ4v) is 2.58. The zero-order valence-electron chi connectivity index (χ0n) is 13.5. The van der Waals surface area contributed by atoms with E-state index in [1.807, 2.05) is 19.1 Å². The molecule has 23 heavy (non-hydrogen) atoms. The normalized spacial score (nSPS) is 16.6. The summed E-state index contributed by atoms with van der Waals surface area (Å²) in [5.74, 6) is -0.139. The molecular formula is C17H25N3O3. The van der Waals surface area contributed by atoms with Gasteiger partial charge in [-0.05, 0) is 37.8 Å². The first-order chi connectivity index (χ1) is 11.1. The third-order valence-electron chi connectivity index (χ3n) is 4.10. The van der Waals surface area contributed by atoms with E-state index in [-0.39, 0.29) is 17.7 Å². The lowest BCUT2D eigenvalue weighted by Gasteiger charge is -2.26. The topological polar surface area (TPSA) is 93.5 Å². The molecule has 0 spiro atoms. The second-order valence-corrected chi connectivity index (χ2v) is 5.89. The van der Waals surface area contributed by atoms with Gasteiger partial charge < -0.3 is 21.1 Å². The van der Waals surface area contributed by atoms with Crippen molar-refractivity contribution >= 4 is 11.8 Å². The van der Waals surface area contributed by atoms with E-state index in [1.165, 1.54) is 0 Å². The molecule has 0 aromatic heterocycles. The summed E-state index contributed by atoms with van der Waals surface area (Å²) < 4.78 is 5.27. The number of hydrogen-bond donors (Lipinski definition) is 3. The molecule has 1 aromatic carbocycles. The second-order valence-electron chi connectivity index (χ2n) is 5.89. The lowest BCUT2D eigenvalue weighted by molar-refractivity contribution is -0.124. The van der Waals surface area contributed by atoms with Crippen LogP contribution in [0.15, 0.2) is 24.3 Å². The van der Waals surface area contributed by atoms with Crippen molar-refractivity contribution in [2.75, 3.05) is 26.3 Å². The number of ether oxygens (including phenoxy) is 1. The number of carbonyl (C=O) groups is 2. The van der Waals surface area contributed by atoms with Gasteiger partial charge in [0.2, 0.25) is 5.91 Å². The lowest BCUT2D eigenvalue weighted by Crippen LogP contribution is -2.48. The Morgan fingerprint density at radius 2 is 1.78 bits per heavy atom. The number of carbonyl (C=O) groups excluding carboxylic acids is 2. The zero-order chi connectivity index (χ0) is 16.7. The van der Waals surface area contributed by atoms with Crippen LogP contribution in [0.25, 0.3) is 0 Å². The molecule has 1 heterocycles. The van der Waals surface area contributed by atoms with Crippen LogP contribution in [0.5, 0.6) is 0 Å². The van der Waals surface area contributed by atoms with Crippen LogP contribution in [0.4, 0.5) is 0 Å². The largest absolute Gasteiger partial charge is 0.381 e. The van der Waals surface area contributed by atoms with Gasteiger partial charge >= 0.3 is 0 Å². The minimum atomic E-state index is -0.508. The minimum Gasteiger partial charge on any atom is -0.381 e. The summed E-state index contributed by atoms with van der Waals surface area (Å²) in [5.41, 5.74) is 7.70. The molecule has 6 nitrogen and oxygen atoms in total. The van der Waals surface area contributed by atoms with Gasteiger partial charge in [-0.1, -0.05) is 17.7 Å². The van der Waals surface area contributed by atoms with Crippen LogP contribution in [0.2, 0.25) is 0 Å². The molecule has 2 amide bonds. The number of benzene rings is 1. The van der Waals surface area contributed by atoms with E-state index in [0.717, 1.165) is 18.4 Å². The number of hydrogen-bond acceptors (Lipinski definition) is 4. The Kier molecular flexibility index (Phi) is 6.55. The van der Waals surface area contributed by atoms with Gasteiger partial charge in [-0.3, -0.25) is 9.59 Å². The van der Waals surface area contributed by atoms with Crippen LogP contribution in [0.1, 0.15) is 28.8 Å². The molecule has 1 atom stereocenters. The summed E-state index contributed by atoms with van der Waals surface area (Å²) in [4.78, 5) is 23.9. The molecule has 126 valence electrons. The van der Waals surface area contributed by atoms with Gasteiger partial charge in [0, 0.05) is 31.9 Å². The maximum Gasteiger partial charge on any atom is 0.251 e. The van der Waals surface area contributed by atoms with Gasteiger partial charge in [-0.2, -0.15) is 0 Å². The molecule has 1 aliphatic rings. The molecule has 0 radical (unpaired) electrons. The smallest absolute Gasteiger partial charge is 0.251 e. The highest BCUT2D eigenvalue weighted by Crippen LogP contribution is 2.17. The van der Waals surface area contributed by atoms with Crippen LogP contribution in [-0.2, 0) is 9.53 Å². The maximum atomic E-state index is 12.0. The van der Waals surface area contributed by atoms with Gasteiger partial charge in [0.15, 0.2) is 0 Å². The van der Waals surface area contributed by atoms with Crippen molar-refractivity contribution in [3.05, 3.63) is 35.4 Å². The summed E-state index contributed by atoms with van der Waals surface area (Å²) in [7, 11) is 0. The third kappa shape index (κ3) is 5.33. The maximum absolute atomic E-state index is 12.0. The minimum absolute atomic E-state index is 0.145. The lowest BCUT2D eigenvalue weighted by atomic mass is 9.92. The molecule has 1 aromatic rings. The average molecular weight is 319 g/mol. The van der Waals surface area contributed by atoms with E-state index in [1.54, 1.807) is 12.1 Å². The first-order valence-corrected chi connectivity index (χ1v) is 8.04. The summed E-state index contributed by atoms with van der Waals surface area (Å²) >= 11 is 0. The first kappa shape index (κ1) is 17.4. The van der Waals surface area contributed by atoms with Crippen molar-refractivity contribution < 1.29 is 14.3 Å². The number of nitrogens with one attached hydrogen (secondary N) is 2. The highest BCUT2D eigenvalue weighted by Gasteiger charge is 2.26. The van der Waals surface area contributed by atoms with Crippen LogP contribution in [0, 0.1) is 12.8 Å². The van der Waals surface area contributed by atoms with Crippen molar-refractivity contribution in [3.63, 3.8) is 0 Å². The zero-order valence-corrected chi connectivity index (χ0v) is 13.5. The van der Waals surface area contributed by atoms with E-state index < -0.39 is 6.04 Å². The van der Waals surface area contributed by atoms with E-state index >= 15 is 0 Å². The van der Waals surface area contributed by atoms with Gasteiger partial charge in [-0.15, -0.1) is 0 Å². The van der Waals surface area contributed by atoms with Crippen LogP contribution in [-0.4, -0.2) is 44.2 Å². The number of aryl methyl sites for hydroxylation is 1. The highest BCUT2D eigenvalue weighted by molar-refractivity contribution is 5.94. The molecule has 0 aliphatic carbocycles. The highest BCUT2D eigenvalue weighted by atomic mass is 16.5. The van der Waals surface area contributed by atoms with Crippen molar-refractivity contribution in [2.24, 2.45) is 11.7 Å². The molecule has 1 aliphatic heterocycles. The van der Waals surface area contributed by atoms with Gasteiger partial charge in [-0.25, -0.2) is 0 Å². The standard InChI is InChI=1S/C17H25N3O3/c1-12-2-4-14(5-3-12)16(21)19-8-9-20-17(22)15(18)13-6-10-23-11-7-13/h2-5,13,15H,6-11,18H2,1H3,(H,19,21)(H,20,22).